The molecule has 0 saturated carbocycles. The van der Waals surface area contributed by atoms with E-state index < -0.39 is 29.7 Å². The number of carbonyl (C=O) groups is 2. The molecule has 0 bridgehead atoms. The first-order chi connectivity index (χ1) is 12.9. The summed E-state index contributed by atoms with van der Waals surface area (Å²) >= 11 is 6.05. The van der Waals surface area contributed by atoms with E-state index in [1.54, 1.807) is 24.3 Å². The van der Waals surface area contributed by atoms with E-state index in [1.165, 1.54) is 0 Å². The molecule has 0 amide bonds. The van der Waals surface area contributed by atoms with Crippen molar-refractivity contribution in [2.75, 3.05) is 6.61 Å². The first-order valence-electron chi connectivity index (χ1n) is 8.73. The van der Waals surface area contributed by atoms with E-state index in [2.05, 4.69) is 0 Å². The SMILES string of the molecule is Cc1ccc(C(=O)OCC2O[C@H](Cl)C[C@@H]2OC(=O)c2ccc(C)cc2)cc1. The van der Waals surface area contributed by atoms with Gasteiger partial charge in [-0.3, -0.25) is 0 Å². The van der Waals surface area contributed by atoms with Gasteiger partial charge in [-0.05, 0) is 38.1 Å². The fourth-order valence-corrected chi connectivity index (χ4v) is 3.07. The predicted molar refractivity (Wildman–Crippen MR) is 101 cm³/mol. The number of hydrogen-bond donors (Lipinski definition) is 0. The zero-order chi connectivity index (χ0) is 19.4. The number of alkyl halides is 1. The van der Waals surface area contributed by atoms with E-state index in [0.29, 0.717) is 17.5 Å². The summed E-state index contributed by atoms with van der Waals surface area (Å²) in [5.74, 6) is -0.913. The van der Waals surface area contributed by atoms with Gasteiger partial charge in [0.05, 0.1) is 11.1 Å². The number of benzene rings is 2. The van der Waals surface area contributed by atoms with Gasteiger partial charge >= 0.3 is 11.9 Å². The molecule has 0 aromatic heterocycles. The smallest absolute Gasteiger partial charge is 0.338 e. The summed E-state index contributed by atoms with van der Waals surface area (Å²) in [7, 11) is 0. The van der Waals surface area contributed by atoms with E-state index in [1.807, 2.05) is 38.1 Å². The summed E-state index contributed by atoms with van der Waals surface area (Å²) in [6.45, 7) is 3.84. The lowest BCUT2D eigenvalue weighted by molar-refractivity contribution is -0.0322. The molecule has 1 fully saturated rings. The van der Waals surface area contributed by atoms with Gasteiger partial charge in [0.15, 0.2) is 0 Å². The average molecular weight is 389 g/mol. The van der Waals surface area contributed by atoms with Crippen LogP contribution in [0.25, 0.3) is 0 Å². The highest BCUT2D eigenvalue weighted by Crippen LogP contribution is 2.27. The Morgan fingerprint density at radius 3 is 2.04 bits per heavy atom. The average Bonchev–Trinajstić information content (AvgIpc) is 3.00. The Kier molecular flexibility index (Phi) is 6.14. The van der Waals surface area contributed by atoms with Crippen LogP contribution >= 0.6 is 11.6 Å². The maximum atomic E-state index is 12.3. The summed E-state index contributed by atoms with van der Waals surface area (Å²) in [6.07, 6.45) is -0.838. The second-order valence-corrected chi connectivity index (χ2v) is 7.08. The number of rotatable bonds is 5. The van der Waals surface area contributed by atoms with Crippen LogP contribution in [0.15, 0.2) is 48.5 Å². The zero-order valence-corrected chi connectivity index (χ0v) is 15.9. The highest BCUT2D eigenvalue weighted by atomic mass is 35.5. The van der Waals surface area contributed by atoms with E-state index >= 15 is 0 Å². The van der Waals surface area contributed by atoms with Gasteiger partial charge < -0.3 is 14.2 Å². The van der Waals surface area contributed by atoms with Gasteiger partial charge in [-0.15, -0.1) is 0 Å². The molecule has 0 spiro atoms. The van der Waals surface area contributed by atoms with Crippen LogP contribution in [0.5, 0.6) is 0 Å². The van der Waals surface area contributed by atoms with Crippen molar-refractivity contribution in [2.24, 2.45) is 0 Å². The van der Waals surface area contributed by atoms with Crippen LogP contribution in [0, 0.1) is 13.8 Å². The molecule has 0 radical (unpaired) electrons. The summed E-state index contributed by atoms with van der Waals surface area (Å²) in [5.41, 5.74) is 2.42. The number of hydrogen-bond acceptors (Lipinski definition) is 5. The molecule has 1 aliphatic rings. The normalized spacial score (nSPS) is 21.7. The molecule has 5 nitrogen and oxygen atoms in total. The Balaban J connectivity index is 1.58. The van der Waals surface area contributed by atoms with Crippen molar-refractivity contribution in [1.29, 1.82) is 0 Å². The van der Waals surface area contributed by atoms with E-state index in [4.69, 9.17) is 25.8 Å². The highest BCUT2D eigenvalue weighted by molar-refractivity contribution is 6.19. The summed E-state index contributed by atoms with van der Waals surface area (Å²) in [4.78, 5) is 24.5. The highest BCUT2D eigenvalue weighted by Gasteiger charge is 2.38. The van der Waals surface area contributed by atoms with Crippen molar-refractivity contribution in [3.63, 3.8) is 0 Å². The van der Waals surface area contributed by atoms with Crippen molar-refractivity contribution < 1.29 is 23.8 Å². The van der Waals surface area contributed by atoms with Crippen LogP contribution < -0.4 is 0 Å². The minimum absolute atomic E-state index is 0.0399. The third-order valence-corrected chi connectivity index (χ3v) is 4.65. The third kappa shape index (κ3) is 5.08. The molecule has 1 heterocycles. The summed E-state index contributed by atoms with van der Waals surface area (Å²) in [5, 5.41) is 0. The van der Waals surface area contributed by atoms with Crippen LogP contribution in [0.4, 0.5) is 0 Å². The first-order valence-corrected chi connectivity index (χ1v) is 9.17. The molecule has 0 aliphatic carbocycles. The molecule has 3 atom stereocenters. The monoisotopic (exact) mass is 388 g/mol. The number of carbonyl (C=O) groups excluding carboxylic acids is 2. The Morgan fingerprint density at radius 2 is 1.48 bits per heavy atom. The molecule has 1 unspecified atom stereocenters. The summed E-state index contributed by atoms with van der Waals surface area (Å²) in [6, 6.07) is 14.2. The van der Waals surface area contributed by atoms with Gasteiger partial charge in [0.2, 0.25) is 0 Å². The first kappa shape index (κ1) is 19.4. The Morgan fingerprint density at radius 1 is 0.963 bits per heavy atom. The zero-order valence-electron chi connectivity index (χ0n) is 15.2. The second-order valence-electron chi connectivity index (χ2n) is 6.59. The maximum Gasteiger partial charge on any atom is 0.338 e. The van der Waals surface area contributed by atoms with Crippen molar-refractivity contribution in [2.45, 2.75) is 38.0 Å². The number of aryl methyl sites for hydroxylation is 2. The molecule has 27 heavy (non-hydrogen) atoms. The Labute approximate surface area is 163 Å². The molecule has 6 heteroatoms. The molecule has 1 aliphatic heterocycles. The molecule has 142 valence electrons. The third-order valence-electron chi connectivity index (χ3n) is 4.37. The van der Waals surface area contributed by atoms with Crippen molar-refractivity contribution in [3.8, 4) is 0 Å². The van der Waals surface area contributed by atoms with Gasteiger partial charge in [-0.25, -0.2) is 9.59 Å². The Hall–Kier alpha value is -2.37. The fourth-order valence-electron chi connectivity index (χ4n) is 2.76. The molecule has 0 N–H and O–H groups in total. The van der Waals surface area contributed by atoms with Crippen molar-refractivity contribution in [1.82, 2.24) is 0 Å². The van der Waals surface area contributed by atoms with E-state index in [-0.39, 0.29) is 6.61 Å². The molecule has 2 aromatic carbocycles. The molecule has 3 rings (SSSR count). The minimum Gasteiger partial charge on any atom is -0.459 e. The topological polar surface area (TPSA) is 61.8 Å². The van der Waals surface area contributed by atoms with Gasteiger partial charge in [0, 0.05) is 6.42 Å². The molecule has 1 saturated heterocycles. The summed E-state index contributed by atoms with van der Waals surface area (Å²) < 4.78 is 16.4. The number of esters is 2. The van der Waals surface area contributed by atoms with Gasteiger partial charge in [0.1, 0.15) is 24.4 Å². The van der Waals surface area contributed by atoms with Crippen LogP contribution in [0.1, 0.15) is 38.3 Å². The lowest BCUT2D eigenvalue weighted by atomic mass is 10.1. The largest absolute Gasteiger partial charge is 0.459 e. The van der Waals surface area contributed by atoms with Gasteiger partial charge in [0.25, 0.3) is 0 Å². The van der Waals surface area contributed by atoms with Crippen LogP contribution in [0.2, 0.25) is 0 Å². The number of ether oxygens (including phenoxy) is 3. The quantitative estimate of drug-likeness (QED) is 0.571. The van der Waals surface area contributed by atoms with Crippen molar-refractivity contribution >= 4 is 23.5 Å². The minimum atomic E-state index is -0.601. The van der Waals surface area contributed by atoms with E-state index in [0.717, 1.165) is 11.1 Å². The van der Waals surface area contributed by atoms with Gasteiger partial charge in [-0.2, -0.15) is 0 Å². The standard InChI is InChI=1S/C21H21ClO5/c1-13-3-7-15(8-4-13)20(23)25-12-18-17(11-19(22)26-18)27-21(24)16-9-5-14(2)6-10-16/h3-10,17-19H,11-12H2,1-2H3/t17-,18?,19-/m0/s1. The molecular formula is C21H21ClO5. The lowest BCUT2D eigenvalue weighted by Crippen LogP contribution is -2.32. The van der Waals surface area contributed by atoms with E-state index in [9.17, 15) is 9.59 Å². The second kappa shape index (κ2) is 8.55. The fraction of sp³-hybridized carbons (Fsp3) is 0.333. The van der Waals surface area contributed by atoms with Crippen molar-refractivity contribution in [3.05, 3.63) is 70.8 Å². The molecular weight excluding hydrogens is 368 g/mol. The van der Waals surface area contributed by atoms with Crippen LogP contribution in [-0.4, -0.2) is 36.3 Å². The molecule has 2 aromatic rings. The van der Waals surface area contributed by atoms with Crippen LogP contribution in [-0.2, 0) is 14.2 Å². The Bertz CT molecular complexity index is 800. The number of halogens is 1. The lowest BCUT2D eigenvalue weighted by Gasteiger charge is -2.19. The predicted octanol–water partition coefficient (Wildman–Crippen LogP) is 4.04. The maximum absolute atomic E-state index is 12.3. The van der Waals surface area contributed by atoms with Crippen LogP contribution in [0.3, 0.4) is 0 Å². The van der Waals surface area contributed by atoms with Gasteiger partial charge in [-0.1, -0.05) is 47.0 Å².